The summed E-state index contributed by atoms with van der Waals surface area (Å²) in [5.41, 5.74) is 3.39. The van der Waals surface area contributed by atoms with Gasteiger partial charge in [0.15, 0.2) is 0 Å². The van der Waals surface area contributed by atoms with Crippen molar-refractivity contribution in [3.63, 3.8) is 0 Å². The molecule has 2 saturated heterocycles. The highest BCUT2D eigenvalue weighted by Crippen LogP contribution is 2.26. The number of carbonyl (C=O) groups excluding carboxylic acids is 2. The van der Waals surface area contributed by atoms with E-state index < -0.39 is 0 Å². The Morgan fingerprint density at radius 1 is 0.857 bits per heavy atom. The molecule has 2 aromatic rings. The molecule has 0 radical (unpaired) electrons. The Bertz CT molecular complexity index is 965. The van der Waals surface area contributed by atoms with Crippen LogP contribution in [0.5, 0.6) is 0 Å². The molecule has 0 bridgehead atoms. The summed E-state index contributed by atoms with van der Waals surface area (Å²) in [4.78, 5) is 30.2. The van der Waals surface area contributed by atoms with Gasteiger partial charge in [-0.2, -0.15) is 0 Å². The average Bonchev–Trinajstić information content (AvgIpc) is 2.88. The third kappa shape index (κ3) is 6.72. The molecular weight excluding hydrogens is 434 g/mol. The summed E-state index contributed by atoms with van der Waals surface area (Å²) >= 11 is 0. The largest absolute Gasteiger partial charge is 0.356 e. The molecule has 0 unspecified atom stereocenters. The van der Waals surface area contributed by atoms with Crippen LogP contribution in [0.4, 0.5) is 0 Å². The topological polar surface area (TPSA) is 52.7 Å². The van der Waals surface area contributed by atoms with E-state index in [-0.39, 0.29) is 23.1 Å². The van der Waals surface area contributed by atoms with Crippen molar-refractivity contribution >= 4 is 11.8 Å². The average molecular weight is 476 g/mol. The molecule has 2 aliphatic rings. The van der Waals surface area contributed by atoms with Gasteiger partial charge in [0.1, 0.15) is 0 Å². The van der Waals surface area contributed by atoms with E-state index >= 15 is 0 Å². The third-order valence-corrected chi connectivity index (χ3v) is 7.72. The number of nitrogens with one attached hydrogen (secondary N) is 1. The molecule has 1 N–H and O–H groups in total. The van der Waals surface area contributed by atoms with Crippen LogP contribution in [0.1, 0.15) is 67.9 Å². The first-order chi connectivity index (χ1) is 16.8. The smallest absolute Gasteiger partial charge is 0.253 e. The fourth-order valence-electron chi connectivity index (χ4n) is 5.38. The van der Waals surface area contributed by atoms with E-state index in [1.807, 2.05) is 35.2 Å². The maximum absolute atomic E-state index is 13.0. The van der Waals surface area contributed by atoms with Crippen LogP contribution in [0, 0.1) is 5.92 Å². The fraction of sp³-hybridized carbons (Fsp3) is 0.533. The van der Waals surface area contributed by atoms with Crippen molar-refractivity contribution in [3.8, 4) is 0 Å². The Balaban J connectivity index is 1.18. The first-order valence-electron chi connectivity index (χ1n) is 13.3. The Hall–Kier alpha value is -2.66. The van der Waals surface area contributed by atoms with Gasteiger partial charge in [-0.3, -0.25) is 9.59 Å². The minimum atomic E-state index is 0.0935. The number of benzene rings is 2. The number of piperidine rings is 2. The van der Waals surface area contributed by atoms with Crippen LogP contribution in [0.3, 0.4) is 0 Å². The molecule has 5 heteroatoms. The molecule has 2 aliphatic heterocycles. The van der Waals surface area contributed by atoms with Crippen LogP contribution in [0.15, 0.2) is 54.6 Å². The number of amides is 2. The van der Waals surface area contributed by atoms with E-state index in [1.54, 1.807) is 0 Å². The fourth-order valence-corrected chi connectivity index (χ4v) is 5.38. The number of hydrogen-bond acceptors (Lipinski definition) is 3. The van der Waals surface area contributed by atoms with E-state index in [0.717, 1.165) is 63.8 Å². The van der Waals surface area contributed by atoms with Crippen LogP contribution >= 0.6 is 0 Å². The molecule has 2 fully saturated rings. The van der Waals surface area contributed by atoms with Crippen molar-refractivity contribution in [2.75, 3.05) is 32.7 Å². The second-order valence-electron chi connectivity index (χ2n) is 11.2. The predicted molar refractivity (Wildman–Crippen MR) is 142 cm³/mol. The molecule has 5 nitrogen and oxygen atoms in total. The van der Waals surface area contributed by atoms with Gasteiger partial charge in [-0.15, -0.1) is 0 Å². The quantitative estimate of drug-likeness (QED) is 0.661. The predicted octanol–water partition coefficient (Wildman–Crippen LogP) is 4.66. The Labute approximate surface area is 210 Å². The van der Waals surface area contributed by atoms with Gasteiger partial charge in [-0.25, -0.2) is 0 Å². The first-order valence-corrected chi connectivity index (χ1v) is 13.3. The third-order valence-electron chi connectivity index (χ3n) is 7.72. The zero-order valence-corrected chi connectivity index (χ0v) is 21.6. The number of carbonyl (C=O) groups is 2. The number of likely N-dealkylation sites (tertiary alicyclic amines) is 2. The van der Waals surface area contributed by atoms with Gasteiger partial charge in [0.25, 0.3) is 5.91 Å². The van der Waals surface area contributed by atoms with Gasteiger partial charge in [0.2, 0.25) is 5.91 Å². The SMILES string of the molecule is CC(C)(C)c1ccc(C(=O)N2CCC(N3CCC(C(=O)NCCc4ccccc4)CC3)CC2)cc1. The molecule has 0 aliphatic carbocycles. The zero-order valence-electron chi connectivity index (χ0n) is 21.6. The van der Waals surface area contributed by atoms with Crippen molar-refractivity contribution in [3.05, 3.63) is 71.3 Å². The Morgan fingerprint density at radius 3 is 2.09 bits per heavy atom. The summed E-state index contributed by atoms with van der Waals surface area (Å²) < 4.78 is 0. The summed E-state index contributed by atoms with van der Waals surface area (Å²) in [6, 6.07) is 18.9. The van der Waals surface area contributed by atoms with E-state index in [0.29, 0.717) is 12.6 Å². The van der Waals surface area contributed by atoms with Gasteiger partial charge in [0.05, 0.1) is 0 Å². The van der Waals surface area contributed by atoms with Gasteiger partial charge >= 0.3 is 0 Å². The highest BCUT2D eigenvalue weighted by molar-refractivity contribution is 5.94. The highest BCUT2D eigenvalue weighted by Gasteiger charge is 2.31. The lowest BCUT2D eigenvalue weighted by atomic mass is 9.86. The van der Waals surface area contributed by atoms with Crippen LogP contribution in [-0.2, 0) is 16.6 Å². The van der Waals surface area contributed by atoms with Gasteiger partial charge in [-0.05, 0) is 73.9 Å². The minimum absolute atomic E-state index is 0.0935. The van der Waals surface area contributed by atoms with Crippen molar-refractivity contribution in [1.29, 1.82) is 0 Å². The van der Waals surface area contributed by atoms with E-state index in [1.165, 1.54) is 11.1 Å². The summed E-state index contributed by atoms with van der Waals surface area (Å²) in [5.74, 6) is 0.480. The van der Waals surface area contributed by atoms with Gasteiger partial charge in [-0.1, -0.05) is 63.2 Å². The van der Waals surface area contributed by atoms with Crippen molar-refractivity contribution in [2.24, 2.45) is 5.92 Å². The van der Waals surface area contributed by atoms with Crippen molar-refractivity contribution in [2.45, 2.75) is 64.3 Å². The van der Waals surface area contributed by atoms with Crippen LogP contribution in [0.25, 0.3) is 0 Å². The van der Waals surface area contributed by atoms with Gasteiger partial charge < -0.3 is 15.1 Å². The molecule has 35 heavy (non-hydrogen) atoms. The number of nitrogens with zero attached hydrogens (tertiary/aromatic N) is 2. The molecule has 0 saturated carbocycles. The lowest BCUT2D eigenvalue weighted by Crippen LogP contribution is -2.50. The van der Waals surface area contributed by atoms with Crippen LogP contribution in [-0.4, -0.2) is 60.4 Å². The molecule has 0 atom stereocenters. The zero-order chi connectivity index (χ0) is 24.8. The second kappa shape index (κ2) is 11.4. The molecule has 0 spiro atoms. The second-order valence-corrected chi connectivity index (χ2v) is 11.2. The minimum Gasteiger partial charge on any atom is -0.356 e. The molecule has 2 amide bonds. The normalized spacial score (nSPS) is 18.4. The van der Waals surface area contributed by atoms with Crippen molar-refractivity contribution in [1.82, 2.24) is 15.1 Å². The summed E-state index contributed by atoms with van der Waals surface area (Å²) in [6.45, 7) is 10.8. The van der Waals surface area contributed by atoms with Crippen molar-refractivity contribution < 1.29 is 9.59 Å². The standard InChI is InChI=1S/C30H41N3O2/c1-30(2,3)26-11-9-25(10-12-26)29(35)33-21-16-27(17-22-33)32-19-14-24(15-20-32)28(34)31-18-13-23-7-5-4-6-8-23/h4-12,24,27H,13-22H2,1-3H3,(H,31,34). The van der Waals surface area contributed by atoms with Gasteiger partial charge in [0, 0.05) is 37.2 Å². The maximum atomic E-state index is 13.0. The molecule has 2 aromatic carbocycles. The molecule has 0 aromatic heterocycles. The maximum Gasteiger partial charge on any atom is 0.253 e. The molecular formula is C30H41N3O2. The number of rotatable bonds is 6. The molecule has 4 rings (SSSR count). The van der Waals surface area contributed by atoms with E-state index in [9.17, 15) is 9.59 Å². The monoisotopic (exact) mass is 475 g/mol. The molecule has 2 heterocycles. The lowest BCUT2D eigenvalue weighted by molar-refractivity contribution is -0.126. The van der Waals surface area contributed by atoms with E-state index in [4.69, 9.17) is 0 Å². The summed E-state index contributed by atoms with van der Waals surface area (Å²) in [7, 11) is 0. The Morgan fingerprint density at radius 2 is 1.49 bits per heavy atom. The first kappa shape index (κ1) is 25.4. The lowest BCUT2D eigenvalue weighted by Gasteiger charge is -2.41. The summed E-state index contributed by atoms with van der Waals surface area (Å²) in [5, 5.41) is 3.14. The molecule has 188 valence electrons. The highest BCUT2D eigenvalue weighted by atomic mass is 16.2. The number of hydrogen-bond donors (Lipinski definition) is 1. The summed E-state index contributed by atoms with van der Waals surface area (Å²) in [6.07, 6.45) is 4.76. The van der Waals surface area contributed by atoms with Crippen LogP contribution < -0.4 is 5.32 Å². The van der Waals surface area contributed by atoms with Crippen LogP contribution in [0.2, 0.25) is 0 Å². The van der Waals surface area contributed by atoms with E-state index in [2.05, 4.69) is 55.3 Å². The Kier molecular flexibility index (Phi) is 8.27.